The Labute approximate surface area is 198 Å². The number of carbonyl (C=O) groups is 2. The van der Waals surface area contributed by atoms with Gasteiger partial charge in [0.15, 0.2) is 0 Å². The van der Waals surface area contributed by atoms with Crippen LogP contribution in [0.2, 0.25) is 10.0 Å². The van der Waals surface area contributed by atoms with Crippen molar-refractivity contribution in [1.82, 2.24) is 16.0 Å². The van der Waals surface area contributed by atoms with Crippen molar-refractivity contribution in [3.8, 4) is 0 Å². The summed E-state index contributed by atoms with van der Waals surface area (Å²) in [7, 11) is 1.82. The molecule has 3 rings (SSSR count). The number of amides is 1. The van der Waals surface area contributed by atoms with Crippen LogP contribution in [-0.2, 0) is 9.59 Å². The van der Waals surface area contributed by atoms with E-state index >= 15 is 0 Å². The van der Waals surface area contributed by atoms with Crippen LogP contribution >= 0.6 is 23.2 Å². The van der Waals surface area contributed by atoms with Crippen LogP contribution in [0.15, 0.2) is 42.5 Å². The number of nitrogen functional groups attached to an aromatic ring is 1. The molecule has 7 nitrogen and oxygen atoms in total. The number of likely N-dealkylation sites (N-methyl/N-ethyl adjacent to an activating group) is 1. The molecule has 1 saturated heterocycles. The van der Waals surface area contributed by atoms with Gasteiger partial charge in [0, 0.05) is 41.8 Å². The van der Waals surface area contributed by atoms with Crippen LogP contribution in [0, 0.1) is 5.82 Å². The fourth-order valence-electron chi connectivity index (χ4n) is 2.53. The summed E-state index contributed by atoms with van der Waals surface area (Å²) in [6.07, 6.45) is 0.216. The van der Waals surface area contributed by atoms with E-state index < -0.39 is 0 Å². The number of rotatable bonds is 6. The van der Waals surface area contributed by atoms with Crippen LogP contribution in [0.5, 0.6) is 0 Å². The number of carbonyl (C=O) groups excluding carboxylic acids is 2. The molecule has 0 aromatic heterocycles. The molecule has 0 spiro atoms. The molecule has 1 fully saturated rings. The van der Waals surface area contributed by atoms with Gasteiger partial charge in [-0.15, -0.1) is 0 Å². The van der Waals surface area contributed by atoms with E-state index in [9.17, 15) is 9.18 Å². The number of aliphatic hydroxyl groups excluding tert-OH is 1. The Morgan fingerprint density at radius 2 is 1.94 bits per heavy atom. The van der Waals surface area contributed by atoms with Gasteiger partial charge in [0.1, 0.15) is 12.6 Å². The summed E-state index contributed by atoms with van der Waals surface area (Å²) in [4.78, 5) is 18.4. The van der Waals surface area contributed by atoms with Gasteiger partial charge in [-0.2, -0.15) is 0 Å². The summed E-state index contributed by atoms with van der Waals surface area (Å²) >= 11 is 11.3. The van der Waals surface area contributed by atoms with Gasteiger partial charge in [0.2, 0.25) is 5.91 Å². The number of halogens is 3. The van der Waals surface area contributed by atoms with E-state index in [1.165, 1.54) is 0 Å². The Bertz CT molecular complexity index is 785. The van der Waals surface area contributed by atoms with Crippen LogP contribution in [0.25, 0.3) is 0 Å². The highest BCUT2D eigenvalue weighted by Gasteiger charge is 2.32. The number of benzene rings is 2. The van der Waals surface area contributed by atoms with E-state index in [0.29, 0.717) is 28.9 Å². The van der Waals surface area contributed by atoms with Crippen LogP contribution < -0.4 is 21.7 Å². The fraction of sp³-hybridized carbons (Fsp3) is 0.364. The summed E-state index contributed by atoms with van der Waals surface area (Å²) in [6, 6.07) is 12.5. The molecule has 1 heterocycles. The molecule has 10 heteroatoms. The van der Waals surface area contributed by atoms with Crippen molar-refractivity contribution in [3.63, 3.8) is 0 Å². The highest BCUT2D eigenvalue weighted by molar-refractivity contribution is 6.31. The van der Waals surface area contributed by atoms with Gasteiger partial charge in [-0.05, 0) is 38.2 Å². The third-order valence-electron chi connectivity index (χ3n) is 4.03. The van der Waals surface area contributed by atoms with Gasteiger partial charge in [-0.3, -0.25) is 4.79 Å². The summed E-state index contributed by atoms with van der Waals surface area (Å²) in [5.41, 5.74) is 6.71. The van der Waals surface area contributed by atoms with Gasteiger partial charge in [-0.1, -0.05) is 41.4 Å². The van der Waals surface area contributed by atoms with E-state index in [0.717, 1.165) is 6.54 Å². The van der Waals surface area contributed by atoms with E-state index in [1.54, 1.807) is 36.4 Å². The van der Waals surface area contributed by atoms with Crippen molar-refractivity contribution >= 4 is 41.6 Å². The van der Waals surface area contributed by atoms with Crippen LogP contribution in [0.3, 0.4) is 0 Å². The smallest absolute Gasteiger partial charge is 0.222 e. The molecule has 1 amide bonds. The Kier molecular flexibility index (Phi) is 16.1. The Balaban J connectivity index is 0.000000462. The molecular weight excluding hydrogens is 458 g/mol. The van der Waals surface area contributed by atoms with E-state index in [-0.39, 0.29) is 35.8 Å². The van der Waals surface area contributed by atoms with Gasteiger partial charge < -0.3 is 31.6 Å². The van der Waals surface area contributed by atoms with E-state index in [2.05, 4.69) is 16.0 Å². The standard InChI is InChI=1S/C10H12ClFN2.C6H6ClN.C5H11NO2.CH2O/c1-13-10(8-5-14-8)6-3-2-4-7(11)9(6)12;7-5-2-1-3-6(8)4-5;1-2-6-5(8)3-4-7;1-2/h2-4,8,10,13-14H,5H2,1H3;1-4H,8H2;7H,2-4H2,1H3,(H,6,8);1H2. The maximum Gasteiger partial charge on any atom is 0.222 e. The predicted molar refractivity (Wildman–Crippen MR) is 128 cm³/mol. The molecule has 2 unspecified atom stereocenters. The van der Waals surface area contributed by atoms with Crippen molar-refractivity contribution < 1.29 is 19.1 Å². The van der Waals surface area contributed by atoms with E-state index in [4.69, 9.17) is 38.8 Å². The van der Waals surface area contributed by atoms with Crippen LogP contribution in [0.4, 0.5) is 10.1 Å². The molecule has 2 aromatic carbocycles. The SMILES string of the molecule is C=O.CCNC(=O)CCO.CNC(c1cccc(Cl)c1F)C1CN1.Nc1cccc(Cl)c1. The monoisotopic (exact) mass is 488 g/mol. The third kappa shape index (κ3) is 12.0. The normalized spacial score (nSPS) is 14.2. The lowest BCUT2D eigenvalue weighted by molar-refractivity contribution is -0.121. The molecule has 0 saturated carbocycles. The summed E-state index contributed by atoms with van der Waals surface area (Å²) in [5.74, 6) is -0.405. The number of anilines is 1. The zero-order chi connectivity index (χ0) is 24.5. The second kappa shape index (κ2) is 17.3. The van der Waals surface area contributed by atoms with Crippen molar-refractivity contribution in [3.05, 3.63) is 63.9 Å². The van der Waals surface area contributed by atoms with Crippen molar-refractivity contribution in [1.29, 1.82) is 0 Å². The maximum atomic E-state index is 13.6. The first-order valence-corrected chi connectivity index (χ1v) is 10.6. The summed E-state index contributed by atoms with van der Waals surface area (Å²) in [6.45, 7) is 5.34. The van der Waals surface area contributed by atoms with Crippen molar-refractivity contribution in [2.75, 3.05) is 32.5 Å². The minimum atomic E-state index is -0.317. The zero-order valence-corrected chi connectivity index (χ0v) is 19.7. The molecule has 32 heavy (non-hydrogen) atoms. The number of hydrogen-bond acceptors (Lipinski definition) is 6. The Hall–Kier alpha value is -2.23. The lowest BCUT2D eigenvalue weighted by atomic mass is 10.0. The Morgan fingerprint density at radius 1 is 1.31 bits per heavy atom. The fourth-order valence-corrected chi connectivity index (χ4v) is 2.91. The third-order valence-corrected chi connectivity index (χ3v) is 4.56. The lowest BCUT2D eigenvalue weighted by Crippen LogP contribution is -2.24. The molecule has 6 N–H and O–H groups in total. The molecule has 1 aliphatic rings. The quantitative estimate of drug-likeness (QED) is 0.314. The topological polar surface area (TPSA) is 126 Å². The largest absolute Gasteiger partial charge is 0.399 e. The minimum absolute atomic E-state index is 0.00806. The van der Waals surface area contributed by atoms with Gasteiger partial charge in [0.25, 0.3) is 0 Å². The molecule has 0 radical (unpaired) electrons. The number of nitrogens with one attached hydrogen (secondary N) is 3. The highest BCUT2D eigenvalue weighted by atomic mass is 35.5. The number of aliphatic hydroxyl groups is 1. The van der Waals surface area contributed by atoms with Gasteiger partial charge in [-0.25, -0.2) is 4.39 Å². The number of nitrogens with two attached hydrogens (primary N) is 1. The Morgan fingerprint density at radius 3 is 2.38 bits per heavy atom. The van der Waals surface area contributed by atoms with Gasteiger partial charge >= 0.3 is 0 Å². The molecule has 178 valence electrons. The second-order valence-corrected chi connectivity index (χ2v) is 7.25. The molecule has 0 bridgehead atoms. The number of hydrogen-bond donors (Lipinski definition) is 5. The maximum absolute atomic E-state index is 13.6. The average Bonchev–Trinajstić information content (AvgIpc) is 3.60. The predicted octanol–water partition coefficient (Wildman–Crippen LogP) is 2.95. The average molecular weight is 489 g/mol. The van der Waals surface area contributed by atoms with E-state index in [1.807, 2.05) is 26.8 Å². The molecule has 2 aromatic rings. The first-order chi connectivity index (χ1) is 15.3. The molecule has 1 aliphatic heterocycles. The first kappa shape index (κ1) is 29.8. The van der Waals surface area contributed by atoms with Gasteiger partial charge in [0.05, 0.1) is 17.7 Å². The lowest BCUT2D eigenvalue weighted by Gasteiger charge is -2.16. The summed E-state index contributed by atoms with van der Waals surface area (Å²) in [5, 5.41) is 17.9. The summed E-state index contributed by atoms with van der Waals surface area (Å²) < 4.78 is 13.6. The molecule has 0 aliphatic carbocycles. The first-order valence-electron chi connectivity index (χ1n) is 9.86. The van der Waals surface area contributed by atoms with Crippen LogP contribution in [0.1, 0.15) is 24.9 Å². The highest BCUT2D eigenvalue weighted by Crippen LogP contribution is 2.27. The molecular formula is C22H31Cl2FN4O3. The molecule has 2 atom stereocenters. The second-order valence-electron chi connectivity index (χ2n) is 6.41. The minimum Gasteiger partial charge on any atom is -0.399 e. The zero-order valence-electron chi connectivity index (χ0n) is 18.2. The van der Waals surface area contributed by atoms with Crippen LogP contribution in [-0.4, -0.2) is 50.6 Å². The van der Waals surface area contributed by atoms with Crippen molar-refractivity contribution in [2.45, 2.75) is 25.4 Å². The van der Waals surface area contributed by atoms with Crippen molar-refractivity contribution in [2.24, 2.45) is 0 Å².